The average molecular weight is 311 g/mol. The first-order valence-corrected chi connectivity index (χ1v) is 7.19. The lowest BCUT2D eigenvalue weighted by atomic mass is 10.1. The Balaban J connectivity index is 2.20. The van der Waals surface area contributed by atoms with Crippen molar-refractivity contribution in [3.63, 3.8) is 0 Å². The summed E-state index contributed by atoms with van der Waals surface area (Å²) in [6.07, 6.45) is 1.82. The van der Waals surface area contributed by atoms with Crippen molar-refractivity contribution in [2.75, 3.05) is 5.32 Å². The van der Waals surface area contributed by atoms with Crippen LogP contribution in [0.3, 0.4) is 0 Å². The molecular weight excluding hydrogens is 295 g/mol. The van der Waals surface area contributed by atoms with Gasteiger partial charge < -0.3 is 9.88 Å². The van der Waals surface area contributed by atoms with E-state index < -0.39 is 0 Å². The second-order valence-electron chi connectivity index (χ2n) is 4.58. The standard InChI is InChI=1S/C15H16Cl2N2O/c1-3-19-9-12(5-7-15(19)20)18-10(2)11-4-6-13(16)14(17)8-11/h4-10,18H,3H2,1-2H3. The molecule has 1 aromatic carbocycles. The minimum Gasteiger partial charge on any atom is -0.377 e. The number of rotatable bonds is 4. The predicted octanol–water partition coefficient (Wildman–Crippen LogP) is 4.35. The number of hydrogen-bond donors (Lipinski definition) is 1. The highest BCUT2D eigenvalue weighted by atomic mass is 35.5. The van der Waals surface area contributed by atoms with Gasteiger partial charge in [0.15, 0.2) is 0 Å². The van der Waals surface area contributed by atoms with E-state index in [1.165, 1.54) is 0 Å². The van der Waals surface area contributed by atoms with Crippen LogP contribution in [-0.2, 0) is 6.54 Å². The molecule has 1 atom stereocenters. The molecule has 0 saturated heterocycles. The zero-order valence-corrected chi connectivity index (χ0v) is 12.9. The van der Waals surface area contributed by atoms with Crippen molar-refractivity contribution in [2.24, 2.45) is 0 Å². The highest BCUT2D eigenvalue weighted by molar-refractivity contribution is 6.42. The first-order chi connectivity index (χ1) is 9.51. The molecule has 1 N–H and O–H groups in total. The van der Waals surface area contributed by atoms with Crippen molar-refractivity contribution in [3.8, 4) is 0 Å². The summed E-state index contributed by atoms with van der Waals surface area (Å²) in [6, 6.07) is 8.96. The van der Waals surface area contributed by atoms with E-state index in [1.807, 2.05) is 32.2 Å². The molecule has 5 heteroatoms. The molecule has 1 heterocycles. The van der Waals surface area contributed by atoms with E-state index >= 15 is 0 Å². The first kappa shape index (κ1) is 14.9. The van der Waals surface area contributed by atoms with Gasteiger partial charge in [0.25, 0.3) is 5.56 Å². The lowest BCUT2D eigenvalue weighted by Gasteiger charge is -2.17. The molecule has 1 unspecified atom stereocenters. The third-order valence-corrected chi connectivity index (χ3v) is 3.89. The van der Waals surface area contributed by atoms with Gasteiger partial charge in [-0.3, -0.25) is 4.79 Å². The fourth-order valence-electron chi connectivity index (χ4n) is 1.98. The van der Waals surface area contributed by atoms with Crippen LogP contribution in [0.1, 0.15) is 25.5 Å². The van der Waals surface area contributed by atoms with Gasteiger partial charge in [0.2, 0.25) is 0 Å². The molecule has 0 aliphatic rings. The zero-order chi connectivity index (χ0) is 14.7. The predicted molar refractivity (Wildman–Crippen MR) is 84.9 cm³/mol. The second-order valence-corrected chi connectivity index (χ2v) is 5.40. The van der Waals surface area contributed by atoms with Crippen LogP contribution in [-0.4, -0.2) is 4.57 Å². The van der Waals surface area contributed by atoms with Gasteiger partial charge in [-0.05, 0) is 37.6 Å². The topological polar surface area (TPSA) is 34.0 Å². The summed E-state index contributed by atoms with van der Waals surface area (Å²) in [6.45, 7) is 4.62. The Morgan fingerprint density at radius 3 is 2.60 bits per heavy atom. The van der Waals surface area contributed by atoms with Gasteiger partial charge in [-0.2, -0.15) is 0 Å². The summed E-state index contributed by atoms with van der Waals surface area (Å²) >= 11 is 11.9. The Morgan fingerprint density at radius 2 is 1.95 bits per heavy atom. The summed E-state index contributed by atoms with van der Waals surface area (Å²) in [5.74, 6) is 0. The maximum absolute atomic E-state index is 11.5. The Hall–Kier alpha value is -1.45. The van der Waals surface area contributed by atoms with Gasteiger partial charge in [0, 0.05) is 24.8 Å². The van der Waals surface area contributed by atoms with E-state index in [-0.39, 0.29) is 11.6 Å². The van der Waals surface area contributed by atoms with Crippen molar-refractivity contribution < 1.29 is 0 Å². The van der Waals surface area contributed by atoms with E-state index in [2.05, 4.69) is 5.32 Å². The van der Waals surface area contributed by atoms with Crippen LogP contribution in [0.4, 0.5) is 5.69 Å². The third-order valence-electron chi connectivity index (χ3n) is 3.15. The minimum absolute atomic E-state index is 0.000223. The Morgan fingerprint density at radius 1 is 1.20 bits per heavy atom. The molecule has 0 spiro atoms. The summed E-state index contributed by atoms with van der Waals surface area (Å²) in [4.78, 5) is 11.5. The van der Waals surface area contributed by atoms with Gasteiger partial charge in [0.1, 0.15) is 0 Å². The van der Waals surface area contributed by atoms with Crippen molar-refractivity contribution in [1.82, 2.24) is 4.57 Å². The second kappa shape index (κ2) is 6.33. The fourth-order valence-corrected chi connectivity index (χ4v) is 2.29. The van der Waals surface area contributed by atoms with Crippen molar-refractivity contribution in [3.05, 3.63) is 62.5 Å². The lowest BCUT2D eigenvalue weighted by molar-refractivity contribution is 0.725. The number of nitrogens with zero attached hydrogens (tertiary/aromatic N) is 1. The molecule has 1 aromatic heterocycles. The maximum atomic E-state index is 11.5. The molecule has 0 saturated carbocycles. The molecule has 0 amide bonds. The van der Waals surface area contributed by atoms with Crippen LogP contribution in [0.2, 0.25) is 10.0 Å². The summed E-state index contributed by atoms with van der Waals surface area (Å²) in [5, 5.41) is 4.43. The molecule has 3 nitrogen and oxygen atoms in total. The number of hydrogen-bond acceptors (Lipinski definition) is 2. The van der Waals surface area contributed by atoms with Gasteiger partial charge >= 0.3 is 0 Å². The van der Waals surface area contributed by atoms with E-state index in [9.17, 15) is 4.79 Å². The molecule has 0 bridgehead atoms. The maximum Gasteiger partial charge on any atom is 0.250 e. The molecular formula is C15H16Cl2N2O. The Bertz CT molecular complexity index is 667. The van der Waals surface area contributed by atoms with Gasteiger partial charge in [0.05, 0.1) is 15.7 Å². The molecule has 20 heavy (non-hydrogen) atoms. The summed E-state index contributed by atoms with van der Waals surface area (Å²) in [7, 11) is 0. The van der Waals surface area contributed by atoms with Crippen LogP contribution < -0.4 is 10.9 Å². The smallest absolute Gasteiger partial charge is 0.250 e. The molecule has 0 aliphatic heterocycles. The number of aromatic nitrogens is 1. The zero-order valence-electron chi connectivity index (χ0n) is 11.4. The number of pyridine rings is 1. The number of nitrogens with one attached hydrogen (secondary N) is 1. The number of anilines is 1. The highest BCUT2D eigenvalue weighted by Crippen LogP contribution is 2.27. The molecule has 0 fully saturated rings. The van der Waals surface area contributed by atoms with E-state index in [1.54, 1.807) is 22.8 Å². The normalized spacial score (nSPS) is 12.2. The van der Waals surface area contributed by atoms with Gasteiger partial charge in [-0.1, -0.05) is 29.3 Å². The van der Waals surface area contributed by atoms with Crippen LogP contribution >= 0.6 is 23.2 Å². The summed E-state index contributed by atoms with van der Waals surface area (Å²) < 4.78 is 1.66. The van der Waals surface area contributed by atoms with Crippen LogP contribution in [0, 0.1) is 0 Å². The van der Waals surface area contributed by atoms with Gasteiger partial charge in [-0.25, -0.2) is 0 Å². The monoisotopic (exact) mass is 310 g/mol. The quantitative estimate of drug-likeness (QED) is 0.911. The average Bonchev–Trinajstić information content (AvgIpc) is 2.43. The lowest BCUT2D eigenvalue weighted by Crippen LogP contribution is -2.18. The largest absolute Gasteiger partial charge is 0.377 e. The van der Waals surface area contributed by atoms with E-state index in [4.69, 9.17) is 23.2 Å². The van der Waals surface area contributed by atoms with E-state index in [0.29, 0.717) is 16.6 Å². The SMILES string of the molecule is CCn1cc(NC(C)c2ccc(Cl)c(Cl)c2)ccc1=O. The van der Waals surface area contributed by atoms with Crippen molar-refractivity contribution >= 4 is 28.9 Å². The molecule has 2 aromatic rings. The molecule has 106 valence electrons. The van der Waals surface area contributed by atoms with Crippen LogP contribution in [0.15, 0.2) is 41.3 Å². The first-order valence-electron chi connectivity index (χ1n) is 6.43. The van der Waals surface area contributed by atoms with Crippen LogP contribution in [0.5, 0.6) is 0 Å². The number of benzene rings is 1. The number of aryl methyl sites for hydroxylation is 1. The van der Waals surface area contributed by atoms with Gasteiger partial charge in [-0.15, -0.1) is 0 Å². The molecule has 0 radical (unpaired) electrons. The Labute approximate surface area is 128 Å². The van der Waals surface area contributed by atoms with E-state index in [0.717, 1.165) is 11.3 Å². The fraction of sp³-hybridized carbons (Fsp3) is 0.267. The highest BCUT2D eigenvalue weighted by Gasteiger charge is 2.08. The molecule has 2 rings (SSSR count). The van der Waals surface area contributed by atoms with Crippen molar-refractivity contribution in [1.29, 1.82) is 0 Å². The van der Waals surface area contributed by atoms with Crippen molar-refractivity contribution in [2.45, 2.75) is 26.4 Å². The summed E-state index contributed by atoms with van der Waals surface area (Å²) in [5.41, 5.74) is 1.93. The minimum atomic E-state index is 0.000223. The van der Waals surface area contributed by atoms with Crippen LogP contribution in [0.25, 0.3) is 0 Å². The number of halogens is 2. The molecule has 0 aliphatic carbocycles. The third kappa shape index (κ3) is 3.35. The Kier molecular flexibility index (Phi) is 4.73.